The lowest BCUT2D eigenvalue weighted by molar-refractivity contribution is -0.120. The van der Waals surface area contributed by atoms with Gasteiger partial charge >= 0.3 is 0 Å². The van der Waals surface area contributed by atoms with Gasteiger partial charge in [-0.1, -0.05) is 12.1 Å². The van der Waals surface area contributed by atoms with Crippen molar-refractivity contribution in [1.82, 2.24) is 15.1 Å². The van der Waals surface area contributed by atoms with Crippen LogP contribution in [-0.4, -0.2) is 47.7 Å². The normalized spacial score (nSPS) is 16.6. The van der Waals surface area contributed by atoms with Gasteiger partial charge in [0.15, 0.2) is 0 Å². The van der Waals surface area contributed by atoms with Crippen LogP contribution in [0.25, 0.3) is 11.3 Å². The van der Waals surface area contributed by atoms with E-state index in [0.29, 0.717) is 12.4 Å². The maximum Gasteiger partial charge on any atom is 0.241 e. The molecule has 0 atom stereocenters. The minimum Gasteiger partial charge on any atom is -0.382 e. The van der Waals surface area contributed by atoms with Crippen molar-refractivity contribution in [2.24, 2.45) is 0 Å². The number of aromatic amines is 1. The van der Waals surface area contributed by atoms with Crippen molar-refractivity contribution in [2.45, 2.75) is 0 Å². The summed E-state index contributed by atoms with van der Waals surface area (Å²) in [5.41, 5.74) is 8.40. The fourth-order valence-electron chi connectivity index (χ4n) is 2.37. The second kappa shape index (κ2) is 4.97. The van der Waals surface area contributed by atoms with Gasteiger partial charge in [-0.05, 0) is 24.7 Å². The van der Waals surface area contributed by atoms with Gasteiger partial charge in [-0.25, -0.2) is 0 Å². The van der Waals surface area contributed by atoms with E-state index in [1.165, 1.54) is 0 Å². The minimum atomic E-state index is 0.136. The number of amides is 1. The molecule has 0 saturated carbocycles. The van der Waals surface area contributed by atoms with Gasteiger partial charge in [0.1, 0.15) is 5.82 Å². The van der Waals surface area contributed by atoms with E-state index in [4.69, 9.17) is 5.73 Å². The maximum absolute atomic E-state index is 12.0. The van der Waals surface area contributed by atoms with Crippen LogP contribution >= 0.6 is 0 Å². The average molecular weight is 271 g/mol. The number of H-pyrrole nitrogens is 1. The van der Waals surface area contributed by atoms with Crippen LogP contribution in [0.5, 0.6) is 0 Å². The summed E-state index contributed by atoms with van der Waals surface area (Å²) in [5, 5.41) is 6.78. The molecule has 0 aliphatic carbocycles. The number of hydrogen-bond acceptors (Lipinski definition) is 4. The third-order valence-electron chi connectivity index (χ3n) is 3.50. The highest BCUT2D eigenvalue weighted by molar-refractivity contribution is 5.95. The summed E-state index contributed by atoms with van der Waals surface area (Å²) < 4.78 is 0. The van der Waals surface area contributed by atoms with Crippen molar-refractivity contribution >= 4 is 17.4 Å². The van der Waals surface area contributed by atoms with Crippen LogP contribution < -0.4 is 10.6 Å². The number of nitrogens with zero attached hydrogens (tertiary/aromatic N) is 3. The Hall–Kier alpha value is -2.34. The van der Waals surface area contributed by atoms with Gasteiger partial charge in [-0.15, -0.1) is 0 Å². The van der Waals surface area contributed by atoms with Crippen molar-refractivity contribution in [2.75, 3.05) is 37.3 Å². The standard InChI is InChI=1S/C14H17N5O/c1-18-6-7-19(14(20)9-18)11-4-2-10(3-5-11)12-8-13(15)17-16-12/h2-5,8H,6-7,9H2,1H3,(H3,15,16,17). The molecule has 1 aromatic carbocycles. The van der Waals surface area contributed by atoms with Crippen LogP contribution in [0.4, 0.5) is 11.5 Å². The predicted molar refractivity (Wildman–Crippen MR) is 78.3 cm³/mol. The monoisotopic (exact) mass is 271 g/mol. The third-order valence-corrected chi connectivity index (χ3v) is 3.50. The van der Waals surface area contributed by atoms with E-state index >= 15 is 0 Å². The summed E-state index contributed by atoms with van der Waals surface area (Å²) in [6, 6.07) is 9.63. The number of anilines is 2. The average Bonchev–Trinajstić information content (AvgIpc) is 2.86. The highest BCUT2D eigenvalue weighted by Gasteiger charge is 2.22. The molecular formula is C14H17N5O. The van der Waals surface area contributed by atoms with E-state index in [0.717, 1.165) is 30.0 Å². The van der Waals surface area contributed by atoms with E-state index in [1.807, 2.05) is 41.1 Å². The highest BCUT2D eigenvalue weighted by Crippen LogP contribution is 2.23. The SMILES string of the molecule is CN1CCN(c2ccc(-c3cc(N)n[nH]3)cc2)C(=O)C1. The van der Waals surface area contributed by atoms with E-state index in [2.05, 4.69) is 10.2 Å². The van der Waals surface area contributed by atoms with Crippen molar-refractivity contribution in [3.63, 3.8) is 0 Å². The summed E-state index contributed by atoms with van der Waals surface area (Å²) in [5.74, 6) is 0.607. The molecule has 0 unspecified atom stereocenters. The van der Waals surface area contributed by atoms with Gasteiger partial charge in [0.05, 0.1) is 12.2 Å². The molecule has 2 aromatic rings. The van der Waals surface area contributed by atoms with Gasteiger partial charge in [0.2, 0.25) is 5.91 Å². The van der Waals surface area contributed by atoms with Gasteiger partial charge in [0.25, 0.3) is 0 Å². The fourth-order valence-corrected chi connectivity index (χ4v) is 2.37. The number of hydrogen-bond donors (Lipinski definition) is 2. The van der Waals surface area contributed by atoms with E-state index in [1.54, 1.807) is 6.07 Å². The molecule has 6 nitrogen and oxygen atoms in total. The Morgan fingerprint density at radius 2 is 2.00 bits per heavy atom. The molecule has 0 spiro atoms. The molecule has 0 radical (unpaired) electrons. The largest absolute Gasteiger partial charge is 0.382 e. The van der Waals surface area contributed by atoms with Gasteiger partial charge in [-0.3, -0.25) is 14.8 Å². The first kappa shape index (κ1) is 12.7. The molecule has 0 bridgehead atoms. The van der Waals surface area contributed by atoms with E-state index < -0.39 is 0 Å². The molecule has 1 aromatic heterocycles. The van der Waals surface area contributed by atoms with Crippen LogP contribution in [0.2, 0.25) is 0 Å². The molecule has 20 heavy (non-hydrogen) atoms. The predicted octanol–water partition coefficient (Wildman–Crippen LogP) is 0.937. The number of nitrogen functional groups attached to an aromatic ring is 1. The quantitative estimate of drug-likeness (QED) is 0.852. The highest BCUT2D eigenvalue weighted by atomic mass is 16.2. The Labute approximate surface area is 117 Å². The molecule has 3 rings (SSSR count). The van der Waals surface area contributed by atoms with E-state index in [9.17, 15) is 4.79 Å². The number of aromatic nitrogens is 2. The van der Waals surface area contributed by atoms with Crippen LogP contribution in [-0.2, 0) is 4.79 Å². The Kier molecular flexibility index (Phi) is 3.15. The first-order valence-corrected chi connectivity index (χ1v) is 6.54. The number of carbonyl (C=O) groups excluding carboxylic acids is 1. The molecule has 1 fully saturated rings. The van der Waals surface area contributed by atoms with Crippen LogP contribution in [0.3, 0.4) is 0 Å². The Balaban J connectivity index is 1.81. The molecule has 1 amide bonds. The smallest absolute Gasteiger partial charge is 0.241 e. The summed E-state index contributed by atoms with van der Waals surface area (Å²) in [6.45, 7) is 2.09. The van der Waals surface area contributed by atoms with Gasteiger partial charge in [-0.2, -0.15) is 5.10 Å². The first-order chi connectivity index (χ1) is 9.63. The lowest BCUT2D eigenvalue weighted by atomic mass is 10.1. The molecule has 104 valence electrons. The van der Waals surface area contributed by atoms with Crippen LogP contribution in [0, 0.1) is 0 Å². The number of benzene rings is 1. The third kappa shape index (κ3) is 2.37. The topological polar surface area (TPSA) is 78.2 Å². The zero-order valence-electron chi connectivity index (χ0n) is 11.3. The molecule has 3 N–H and O–H groups in total. The Morgan fingerprint density at radius 3 is 2.60 bits per heavy atom. The zero-order chi connectivity index (χ0) is 14.1. The van der Waals surface area contributed by atoms with Crippen molar-refractivity contribution in [1.29, 1.82) is 0 Å². The molecule has 6 heteroatoms. The van der Waals surface area contributed by atoms with Gasteiger partial charge in [0, 0.05) is 24.8 Å². The molecule has 1 aliphatic rings. The number of piperazine rings is 1. The minimum absolute atomic E-state index is 0.136. The number of nitrogens with one attached hydrogen (secondary N) is 1. The first-order valence-electron chi connectivity index (χ1n) is 6.54. The number of carbonyl (C=O) groups is 1. The van der Waals surface area contributed by atoms with Crippen molar-refractivity contribution < 1.29 is 4.79 Å². The second-order valence-corrected chi connectivity index (χ2v) is 5.04. The molecule has 2 heterocycles. The summed E-state index contributed by atoms with van der Waals surface area (Å²) in [7, 11) is 1.96. The zero-order valence-corrected chi connectivity index (χ0v) is 11.3. The fraction of sp³-hybridized carbons (Fsp3) is 0.286. The molecule has 1 saturated heterocycles. The summed E-state index contributed by atoms with van der Waals surface area (Å²) >= 11 is 0. The molecule has 1 aliphatic heterocycles. The van der Waals surface area contributed by atoms with E-state index in [-0.39, 0.29) is 5.91 Å². The van der Waals surface area contributed by atoms with Crippen molar-refractivity contribution in [3.05, 3.63) is 30.3 Å². The molecular weight excluding hydrogens is 254 g/mol. The van der Waals surface area contributed by atoms with Crippen LogP contribution in [0.15, 0.2) is 30.3 Å². The number of rotatable bonds is 2. The number of likely N-dealkylation sites (N-methyl/N-ethyl adjacent to an activating group) is 1. The maximum atomic E-state index is 12.0. The summed E-state index contributed by atoms with van der Waals surface area (Å²) in [6.07, 6.45) is 0. The lowest BCUT2D eigenvalue weighted by Gasteiger charge is -2.32. The lowest BCUT2D eigenvalue weighted by Crippen LogP contribution is -2.48. The summed E-state index contributed by atoms with van der Waals surface area (Å²) in [4.78, 5) is 15.9. The van der Waals surface area contributed by atoms with Crippen LogP contribution in [0.1, 0.15) is 0 Å². The van der Waals surface area contributed by atoms with Gasteiger partial charge < -0.3 is 10.6 Å². The second-order valence-electron chi connectivity index (χ2n) is 5.04. The van der Waals surface area contributed by atoms with Crippen molar-refractivity contribution in [3.8, 4) is 11.3 Å². The Bertz CT molecular complexity index is 619. The number of nitrogens with two attached hydrogens (primary N) is 1. The Morgan fingerprint density at radius 1 is 1.25 bits per heavy atom.